The Morgan fingerprint density at radius 3 is 2.50 bits per heavy atom. The number of halogens is 1. The average molecular weight is 313 g/mol. The van der Waals surface area contributed by atoms with Crippen molar-refractivity contribution >= 4 is 15.9 Å². The van der Waals surface area contributed by atoms with Crippen LogP contribution < -0.4 is 10.6 Å². The van der Waals surface area contributed by atoms with Crippen LogP contribution in [0.4, 0.5) is 0 Å². The van der Waals surface area contributed by atoms with E-state index in [1.165, 1.54) is 11.1 Å². The highest BCUT2D eigenvalue weighted by Gasteiger charge is 2.22. The average Bonchev–Trinajstić information content (AvgIpc) is 2.32. The molecule has 0 radical (unpaired) electrons. The fraction of sp³-hybridized carbons (Fsp3) is 0.600. The Morgan fingerprint density at radius 2 is 1.83 bits per heavy atom. The van der Waals surface area contributed by atoms with Crippen molar-refractivity contribution in [1.29, 1.82) is 0 Å². The molecule has 0 fully saturated rings. The molecular formula is C15H25BrN2. The molecule has 0 amide bonds. The Balaban J connectivity index is 2.59. The first-order chi connectivity index (χ1) is 8.47. The van der Waals surface area contributed by atoms with Gasteiger partial charge in [0.15, 0.2) is 0 Å². The molecule has 0 bridgehead atoms. The number of benzene rings is 1. The van der Waals surface area contributed by atoms with E-state index in [0.717, 1.165) is 30.7 Å². The molecule has 0 heterocycles. The summed E-state index contributed by atoms with van der Waals surface area (Å²) in [5, 5.41) is 6.85. The lowest BCUT2D eigenvalue weighted by Crippen LogP contribution is -2.37. The van der Waals surface area contributed by atoms with Gasteiger partial charge in [0.05, 0.1) is 0 Å². The minimum atomic E-state index is 0.153. The van der Waals surface area contributed by atoms with Crippen LogP contribution in [0.2, 0.25) is 0 Å². The molecule has 0 spiro atoms. The summed E-state index contributed by atoms with van der Waals surface area (Å²) in [6, 6.07) is 6.52. The number of likely N-dealkylation sites (N-methyl/N-ethyl adjacent to an activating group) is 1. The third-order valence-corrected chi connectivity index (χ3v) is 3.72. The molecule has 0 aliphatic carbocycles. The van der Waals surface area contributed by atoms with Crippen LogP contribution in [0.15, 0.2) is 22.7 Å². The summed E-state index contributed by atoms with van der Waals surface area (Å²) >= 11 is 3.56. The van der Waals surface area contributed by atoms with E-state index in [0.29, 0.717) is 0 Å². The first-order valence-corrected chi connectivity index (χ1v) is 7.44. The smallest absolute Gasteiger partial charge is 0.0178 e. The van der Waals surface area contributed by atoms with Gasteiger partial charge in [0.25, 0.3) is 0 Å². The molecule has 1 aromatic carbocycles. The van der Waals surface area contributed by atoms with Gasteiger partial charge in [0.2, 0.25) is 0 Å². The molecule has 1 aromatic rings. The van der Waals surface area contributed by atoms with Crippen LogP contribution in [-0.4, -0.2) is 26.2 Å². The van der Waals surface area contributed by atoms with Crippen LogP contribution in [0.3, 0.4) is 0 Å². The lowest BCUT2D eigenvalue weighted by atomic mass is 9.82. The molecule has 18 heavy (non-hydrogen) atoms. The van der Waals surface area contributed by atoms with Gasteiger partial charge < -0.3 is 10.6 Å². The molecule has 0 saturated carbocycles. The number of aryl methyl sites for hydroxylation is 1. The highest BCUT2D eigenvalue weighted by Crippen LogP contribution is 2.28. The van der Waals surface area contributed by atoms with E-state index in [1.807, 2.05) is 0 Å². The van der Waals surface area contributed by atoms with Gasteiger partial charge in [-0.3, -0.25) is 0 Å². The van der Waals surface area contributed by atoms with Crippen molar-refractivity contribution in [3.63, 3.8) is 0 Å². The van der Waals surface area contributed by atoms with E-state index in [9.17, 15) is 0 Å². The molecule has 3 heteroatoms. The maximum Gasteiger partial charge on any atom is 0.0178 e. The standard InChI is InChI=1S/C15H25BrN2/c1-5-17-8-9-18-11-15(3,4)14-10-13(16)7-6-12(14)2/h6-7,10,17-18H,5,8-9,11H2,1-4H3. The van der Waals surface area contributed by atoms with Crippen LogP contribution in [0, 0.1) is 6.92 Å². The molecule has 102 valence electrons. The van der Waals surface area contributed by atoms with Crippen LogP contribution in [-0.2, 0) is 5.41 Å². The highest BCUT2D eigenvalue weighted by molar-refractivity contribution is 9.10. The van der Waals surface area contributed by atoms with Gasteiger partial charge in [-0.2, -0.15) is 0 Å². The summed E-state index contributed by atoms with van der Waals surface area (Å²) in [6.07, 6.45) is 0. The molecule has 0 saturated heterocycles. The Hall–Kier alpha value is -0.380. The first kappa shape index (κ1) is 15.7. The number of rotatable bonds is 7. The van der Waals surface area contributed by atoms with Gasteiger partial charge in [-0.1, -0.05) is 42.8 Å². The quantitative estimate of drug-likeness (QED) is 0.755. The Morgan fingerprint density at radius 1 is 1.17 bits per heavy atom. The summed E-state index contributed by atoms with van der Waals surface area (Å²) in [4.78, 5) is 0. The molecule has 0 aliphatic heterocycles. The Labute approximate surface area is 120 Å². The second-order valence-electron chi connectivity index (χ2n) is 5.37. The molecular weight excluding hydrogens is 288 g/mol. The van der Waals surface area contributed by atoms with Crippen molar-refractivity contribution in [3.05, 3.63) is 33.8 Å². The fourth-order valence-electron chi connectivity index (χ4n) is 2.17. The summed E-state index contributed by atoms with van der Waals surface area (Å²) in [5.41, 5.74) is 2.92. The molecule has 0 aliphatic rings. The topological polar surface area (TPSA) is 24.1 Å². The summed E-state index contributed by atoms with van der Waals surface area (Å²) in [5.74, 6) is 0. The summed E-state index contributed by atoms with van der Waals surface area (Å²) in [7, 11) is 0. The number of hydrogen-bond donors (Lipinski definition) is 2. The first-order valence-electron chi connectivity index (χ1n) is 6.65. The maximum atomic E-state index is 3.56. The summed E-state index contributed by atoms with van der Waals surface area (Å²) in [6.45, 7) is 13.0. The lowest BCUT2D eigenvalue weighted by Gasteiger charge is -2.28. The van der Waals surface area contributed by atoms with Crippen molar-refractivity contribution in [1.82, 2.24) is 10.6 Å². The van der Waals surface area contributed by atoms with Gasteiger partial charge >= 0.3 is 0 Å². The van der Waals surface area contributed by atoms with Crippen molar-refractivity contribution in [3.8, 4) is 0 Å². The minimum Gasteiger partial charge on any atom is -0.316 e. The van der Waals surface area contributed by atoms with Crippen molar-refractivity contribution < 1.29 is 0 Å². The zero-order valence-corrected chi connectivity index (χ0v) is 13.5. The molecule has 0 aromatic heterocycles. The van der Waals surface area contributed by atoms with E-state index < -0.39 is 0 Å². The highest BCUT2D eigenvalue weighted by atomic mass is 79.9. The lowest BCUT2D eigenvalue weighted by molar-refractivity contribution is 0.464. The van der Waals surface area contributed by atoms with E-state index >= 15 is 0 Å². The van der Waals surface area contributed by atoms with E-state index in [4.69, 9.17) is 0 Å². The third-order valence-electron chi connectivity index (χ3n) is 3.22. The molecule has 1 rings (SSSR count). The maximum absolute atomic E-state index is 3.56. The summed E-state index contributed by atoms with van der Waals surface area (Å²) < 4.78 is 1.16. The predicted molar refractivity (Wildman–Crippen MR) is 83.3 cm³/mol. The van der Waals surface area contributed by atoms with E-state index in [2.05, 4.69) is 72.5 Å². The normalized spacial score (nSPS) is 11.8. The number of hydrogen-bond acceptors (Lipinski definition) is 2. The molecule has 0 atom stereocenters. The van der Waals surface area contributed by atoms with Crippen molar-refractivity contribution in [2.24, 2.45) is 0 Å². The van der Waals surface area contributed by atoms with E-state index in [1.54, 1.807) is 0 Å². The zero-order chi connectivity index (χ0) is 13.6. The molecule has 2 nitrogen and oxygen atoms in total. The molecule has 2 N–H and O–H groups in total. The Bertz CT molecular complexity index is 375. The fourth-order valence-corrected chi connectivity index (χ4v) is 2.53. The van der Waals surface area contributed by atoms with Crippen LogP contribution in [0.1, 0.15) is 31.9 Å². The van der Waals surface area contributed by atoms with Gasteiger partial charge in [-0.25, -0.2) is 0 Å². The van der Waals surface area contributed by atoms with Crippen LogP contribution >= 0.6 is 15.9 Å². The monoisotopic (exact) mass is 312 g/mol. The van der Waals surface area contributed by atoms with Crippen molar-refractivity contribution in [2.75, 3.05) is 26.2 Å². The minimum absolute atomic E-state index is 0.153. The van der Waals surface area contributed by atoms with E-state index in [-0.39, 0.29) is 5.41 Å². The van der Waals surface area contributed by atoms with Gasteiger partial charge in [-0.15, -0.1) is 0 Å². The third kappa shape index (κ3) is 4.71. The predicted octanol–water partition coefficient (Wildman–Crippen LogP) is 3.23. The van der Waals surface area contributed by atoms with Crippen molar-refractivity contribution in [2.45, 2.75) is 33.1 Å². The Kier molecular flexibility index (Phi) is 6.33. The number of nitrogens with one attached hydrogen (secondary N) is 2. The van der Waals surface area contributed by atoms with Gasteiger partial charge in [-0.05, 0) is 36.7 Å². The van der Waals surface area contributed by atoms with Crippen LogP contribution in [0.25, 0.3) is 0 Å². The SMILES string of the molecule is CCNCCNCC(C)(C)c1cc(Br)ccc1C. The van der Waals surface area contributed by atoms with Gasteiger partial charge in [0.1, 0.15) is 0 Å². The largest absolute Gasteiger partial charge is 0.316 e. The molecule has 0 unspecified atom stereocenters. The second kappa shape index (κ2) is 7.27. The van der Waals surface area contributed by atoms with Gasteiger partial charge in [0, 0.05) is 29.5 Å². The van der Waals surface area contributed by atoms with Crippen LogP contribution in [0.5, 0.6) is 0 Å². The zero-order valence-electron chi connectivity index (χ0n) is 11.9. The second-order valence-corrected chi connectivity index (χ2v) is 6.29.